The highest BCUT2D eigenvalue weighted by Crippen LogP contribution is 2.37. The maximum atomic E-state index is 13.6. The van der Waals surface area contributed by atoms with E-state index >= 15 is 0 Å². The van der Waals surface area contributed by atoms with Crippen molar-refractivity contribution in [2.45, 2.75) is 12.7 Å². The van der Waals surface area contributed by atoms with E-state index in [0.29, 0.717) is 5.56 Å². The maximum Gasteiger partial charge on any atom is 0.418 e. The Bertz CT molecular complexity index is 1230. The van der Waals surface area contributed by atoms with Crippen molar-refractivity contribution >= 4 is 10.9 Å². The van der Waals surface area contributed by atoms with E-state index in [-0.39, 0.29) is 28.8 Å². The molecule has 0 aromatic heterocycles. The van der Waals surface area contributed by atoms with Gasteiger partial charge in [0.15, 0.2) is 5.82 Å². The van der Waals surface area contributed by atoms with Crippen LogP contribution in [-0.2, 0) is 12.7 Å². The summed E-state index contributed by atoms with van der Waals surface area (Å²) >= 11 is 0. The molecule has 27 heavy (non-hydrogen) atoms. The zero-order chi connectivity index (χ0) is 19.2. The SMILES string of the molecule is O=c1nc2n(Cc3ccccc3)c3c(C(F)(F)F)cccc3cc-2c(=O)[nH]1. The first-order chi connectivity index (χ1) is 12.8. The van der Waals surface area contributed by atoms with Crippen LogP contribution in [0.3, 0.4) is 0 Å². The lowest BCUT2D eigenvalue weighted by atomic mass is 10.0. The van der Waals surface area contributed by atoms with Crippen molar-refractivity contribution in [3.8, 4) is 11.4 Å². The molecule has 2 aliphatic heterocycles. The number of benzene rings is 2. The molecule has 0 spiro atoms. The lowest BCUT2D eigenvalue weighted by molar-refractivity contribution is -0.136. The van der Waals surface area contributed by atoms with Crippen LogP contribution in [0.2, 0.25) is 0 Å². The van der Waals surface area contributed by atoms with Gasteiger partial charge < -0.3 is 4.57 Å². The number of hydrogen-bond donors (Lipinski definition) is 1. The average Bonchev–Trinajstić information content (AvgIpc) is 2.62. The number of H-pyrrole nitrogens is 1. The van der Waals surface area contributed by atoms with E-state index in [1.807, 2.05) is 0 Å². The third-order valence-corrected chi connectivity index (χ3v) is 4.30. The van der Waals surface area contributed by atoms with Gasteiger partial charge in [0.1, 0.15) is 0 Å². The van der Waals surface area contributed by atoms with E-state index in [2.05, 4.69) is 9.97 Å². The van der Waals surface area contributed by atoms with E-state index in [0.717, 1.165) is 6.07 Å². The monoisotopic (exact) mass is 371 g/mol. The molecule has 136 valence electrons. The smallest absolute Gasteiger partial charge is 0.320 e. The van der Waals surface area contributed by atoms with E-state index in [9.17, 15) is 22.8 Å². The van der Waals surface area contributed by atoms with Gasteiger partial charge in [-0.1, -0.05) is 42.5 Å². The third-order valence-electron chi connectivity index (χ3n) is 4.30. The molecule has 4 rings (SSSR count). The number of aromatic nitrogens is 3. The standard InChI is InChI=1S/C19H12F3N3O2/c20-19(21,22)14-8-4-7-12-9-13-16(23-18(27)24-17(13)26)25(15(12)14)10-11-5-2-1-3-6-11/h1-9H,10H2,(H,24,26,27). The molecule has 2 aromatic rings. The number of alkyl halides is 3. The molecule has 0 fully saturated rings. The largest absolute Gasteiger partial charge is 0.418 e. The number of halogens is 3. The molecule has 5 nitrogen and oxygen atoms in total. The second kappa shape index (κ2) is 6.08. The van der Waals surface area contributed by atoms with E-state index in [1.165, 1.54) is 22.8 Å². The molecule has 0 saturated heterocycles. The van der Waals surface area contributed by atoms with Crippen LogP contribution >= 0.6 is 0 Å². The van der Waals surface area contributed by atoms with Crippen molar-refractivity contribution in [1.82, 2.24) is 14.5 Å². The lowest BCUT2D eigenvalue weighted by Crippen LogP contribution is -2.28. The van der Waals surface area contributed by atoms with Gasteiger partial charge in [0.2, 0.25) is 0 Å². The topological polar surface area (TPSA) is 67.8 Å². The number of pyridine rings is 1. The number of nitrogens with one attached hydrogen (secondary N) is 1. The minimum absolute atomic E-state index is 0.0255. The maximum absolute atomic E-state index is 13.6. The molecule has 0 radical (unpaired) electrons. The summed E-state index contributed by atoms with van der Waals surface area (Å²) in [7, 11) is 0. The molecule has 0 aliphatic carbocycles. The highest BCUT2D eigenvalue weighted by Gasteiger charge is 2.34. The Morgan fingerprint density at radius 1 is 1.00 bits per heavy atom. The van der Waals surface area contributed by atoms with Crippen molar-refractivity contribution in [3.05, 3.63) is 86.6 Å². The van der Waals surface area contributed by atoms with Gasteiger partial charge >= 0.3 is 11.9 Å². The highest BCUT2D eigenvalue weighted by atomic mass is 19.4. The first-order valence-corrected chi connectivity index (χ1v) is 8.02. The molecule has 0 amide bonds. The van der Waals surface area contributed by atoms with Crippen molar-refractivity contribution in [2.24, 2.45) is 0 Å². The quantitative estimate of drug-likeness (QED) is 0.550. The summed E-state index contributed by atoms with van der Waals surface area (Å²) in [5.74, 6) is -0.0863. The molecule has 0 atom stereocenters. The zero-order valence-corrected chi connectivity index (χ0v) is 13.7. The molecule has 2 aromatic carbocycles. The Hall–Kier alpha value is -3.42. The van der Waals surface area contributed by atoms with Gasteiger partial charge in [-0.15, -0.1) is 0 Å². The summed E-state index contributed by atoms with van der Waals surface area (Å²) in [6, 6.07) is 13.9. The Morgan fingerprint density at radius 2 is 1.74 bits per heavy atom. The van der Waals surface area contributed by atoms with Gasteiger partial charge in [-0.25, -0.2) is 4.79 Å². The fourth-order valence-corrected chi connectivity index (χ4v) is 3.18. The summed E-state index contributed by atoms with van der Waals surface area (Å²) in [4.78, 5) is 29.8. The van der Waals surface area contributed by atoms with Crippen LogP contribution < -0.4 is 11.2 Å². The van der Waals surface area contributed by atoms with Crippen LogP contribution in [0.4, 0.5) is 13.2 Å². The predicted molar refractivity (Wildman–Crippen MR) is 93.8 cm³/mol. The number of hydrogen-bond acceptors (Lipinski definition) is 3. The normalized spacial score (nSPS) is 12.0. The molecule has 8 heteroatoms. The van der Waals surface area contributed by atoms with Gasteiger partial charge in [-0.3, -0.25) is 9.78 Å². The van der Waals surface area contributed by atoms with Crippen LogP contribution in [-0.4, -0.2) is 14.5 Å². The Balaban J connectivity index is 2.17. The second-order valence-electron chi connectivity index (χ2n) is 6.07. The summed E-state index contributed by atoms with van der Waals surface area (Å²) in [6.45, 7) is 0.0255. The van der Waals surface area contributed by atoms with E-state index in [4.69, 9.17) is 0 Å². The molecule has 2 aliphatic rings. The number of para-hydroxylation sites is 1. The number of rotatable bonds is 2. The third kappa shape index (κ3) is 2.99. The molecule has 2 heterocycles. The van der Waals surface area contributed by atoms with Crippen molar-refractivity contribution in [1.29, 1.82) is 0 Å². The van der Waals surface area contributed by atoms with Gasteiger partial charge in [-0.2, -0.15) is 18.2 Å². The first kappa shape index (κ1) is 17.0. The van der Waals surface area contributed by atoms with Crippen LogP contribution in [0, 0.1) is 0 Å². The fourth-order valence-electron chi connectivity index (χ4n) is 3.18. The van der Waals surface area contributed by atoms with Gasteiger partial charge in [0.25, 0.3) is 5.56 Å². The van der Waals surface area contributed by atoms with Crippen LogP contribution in [0.15, 0.2) is 64.2 Å². The van der Waals surface area contributed by atoms with Gasteiger partial charge in [0, 0.05) is 6.54 Å². The average molecular weight is 371 g/mol. The molecular formula is C19H12F3N3O2. The summed E-state index contributed by atoms with van der Waals surface area (Å²) < 4.78 is 42.2. The summed E-state index contributed by atoms with van der Waals surface area (Å²) in [5.41, 5.74) is -1.81. The van der Waals surface area contributed by atoms with Crippen molar-refractivity contribution < 1.29 is 13.2 Å². The van der Waals surface area contributed by atoms with E-state index < -0.39 is 23.0 Å². The van der Waals surface area contributed by atoms with Crippen molar-refractivity contribution in [2.75, 3.05) is 0 Å². The molecule has 1 N–H and O–H groups in total. The van der Waals surface area contributed by atoms with Gasteiger partial charge in [0.05, 0.1) is 16.6 Å². The minimum Gasteiger partial charge on any atom is -0.320 e. The Labute approximate surface area is 150 Å². The van der Waals surface area contributed by atoms with E-state index in [1.54, 1.807) is 30.3 Å². The predicted octanol–water partition coefficient (Wildman–Crippen LogP) is 3.26. The lowest BCUT2D eigenvalue weighted by Gasteiger charge is -2.20. The second-order valence-corrected chi connectivity index (χ2v) is 6.07. The number of fused-ring (bicyclic) bond motifs is 2. The first-order valence-electron chi connectivity index (χ1n) is 8.02. The number of aromatic amines is 1. The Kier molecular flexibility index (Phi) is 3.83. The Morgan fingerprint density at radius 3 is 2.44 bits per heavy atom. The van der Waals surface area contributed by atoms with Crippen LogP contribution in [0.5, 0.6) is 0 Å². The van der Waals surface area contributed by atoms with Crippen molar-refractivity contribution in [3.63, 3.8) is 0 Å². The summed E-state index contributed by atoms with van der Waals surface area (Å²) in [6.07, 6.45) is -4.60. The number of nitrogens with zero attached hydrogens (tertiary/aromatic N) is 2. The molecule has 0 unspecified atom stereocenters. The molecule has 0 bridgehead atoms. The van der Waals surface area contributed by atoms with Crippen LogP contribution in [0.1, 0.15) is 11.1 Å². The molecular weight excluding hydrogens is 359 g/mol. The fraction of sp³-hybridized carbons (Fsp3) is 0.105. The minimum atomic E-state index is -4.60. The highest BCUT2D eigenvalue weighted by molar-refractivity contribution is 5.88. The van der Waals surface area contributed by atoms with Crippen LogP contribution in [0.25, 0.3) is 22.3 Å². The van der Waals surface area contributed by atoms with Gasteiger partial charge in [-0.05, 0) is 23.1 Å². The zero-order valence-electron chi connectivity index (χ0n) is 13.7. The molecule has 0 saturated carbocycles. The summed E-state index contributed by atoms with van der Waals surface area (Å²) in [5, 5.41) is 0.235.